The standard InChI is InChI=1S/C15H21Cl3N2O3/c1-7-5-8-9(10(7)19-12(21)15(16,17)18)6-20(13(22)23)11(8)14(2,3)4/h8-11H,1,5-6H2,2-4H3,(H,19,21)(H,22,23)/t8-,9-,10-,11?/m0/s1. The van der Waals surface area contributed by atoms with Crippen molar-refractivity contribution in [2.45, 2.75) is 43.1 Å². The summed E-state index contributed by atoms with van der Waals surface area (Å²) in [5, 5.41) is 12.2. The lowest BCUT2D eigenvalue weighted by molar-refractivity contribution is -0.120. The van der Waals surface area contributed by atoms with Crippen LogP contribution in [-0.2, 0) is 4.79 Å². The Morgan fingerprint density at radius 3 is 2.26 bits per heavy atom. The second-order valence-corrected chi connectivity index (χ2v) is 9.67. The average molecular weight is 384 g/mol. The SMILES string of the molecule is C=C1C[C@@H]2C(C(C)(C)C)N(C(=O)O)C[C@@H]2[C@H]1NC(=O)C(Cl)(Cl)Cl. The van der Waals surface area contributed by atoms with Gasteiger partial charge in [-0.15, -0.1) is 0 Å². The summed E-state index contributed by atoms with van der Waals surface area (Å²) in [5.41, 5.74) is 0.633. The molecule has 2 amide bonds. The van der Waals surface area contributed by atoms with Gasteiger partial charge in [0.25, 0.3) is 9.70 Å². The van der Waals surface area contributed by atoms with Crippen molar-refractivity contribution in [3.05, 3.63) is 12.2 Å². The van der Waals surface area contributed by atoms with Crippen LogP contribution in [0, 0.1) is 17.3 Å². The number of hydrogen-bond donors (Lipinski definition) is 2. The predicted octanol–water partition coefficient (Wildman–Crippen LogP) is 3.44. The van der Waals surface area contributed by atoms with Crippen molar-refractivity contribution < 1.29 is 14.7 Å². The van der Waals surface area contributed by atoms with E-state index in [2.05, 4.69) is 11.9 Å². The molecule has 1 unspecified atom stereocenters. The zero-order valence-electron chi connectivity index (χ0n) is 13.3. The van der Waals surface area contributed by atoms with Crippen LogP contribution in [0.4, 0.5) is 4.79 Å². The Balaban J connectivity index is 2.27. The summed E-state index contributed by atoms with van der Waals surface area (Å²) in [7, 11) is 0. The van der Waals surface area contributed by atoms with Crippen LogP contribution in [0.5, 0.6) is 0 Å². The van der Waals surface area contributed by atoms with E-state index in [-0.39, 0.29) is 29.3 Å². The fourth-order valence-corrected chi connectivity index (χ4v) is 4.19. The molecule has 1 aliphatic heterocycles. The van der Waals surface area contributed by atoms with Gasteiger partial charge in [-0.25, -0.2) is 4.79 Å². The topological polar surface area (TPSA) is 69.6 Å². The molecule has 0 aromatic carbocycles. The van der Waals surface area contributed by atoms with Crippen LogP contribution in [0.1, 0.15) is 27.2 Å². The first-order valence-electron chi connectivity index (χ1n) is 7.39. The fraction of sp³-hybridized carbons (Fsp3) is 0.733. The summed E-state index contributed by atoms with van der Waals surface area (Å²) in [6.07, 6.45) is -0.294. The van der Waals surface area contributed by atoms with Crippen LogP contribution >= 0.6 is 34.8 Å². The lowest BCUT2D eigenvalue weighted by Gasteiger charge is -2.36. The van der Waals surface area contributed by atoms with E-state index >= 15 is 0 Å². The van der Waals surface area contributed by atoms with E-state index in [4.69, 9.17) is 34.8 Å². The van der Waals surface area contributed by atoms with Gasteiger partial charge in [-0.1, -0.05) is 67.7 Å². The summed E-state index contributed by atoms with van der Waals surface area (Å²) in [5.74, 6) is -0.672. The first-order chi connectivity index (χ1) is 10.3. The highest BCUT2D eigenvalue weighted by Gasteiger charge is 2.55. The first kappa shape index (κ1) is 18.7. The minimum atomic E-state index is -2.05. The molecule has 8 heteroatoms. The van der Waals surface area contributed by atoms with Crippen molar-refractivity contribution in [2.75, 3.05) is 6.54 Å². The Morgan fingerprint density at radius 2 is 1.83 bits per heavy atom. The van der Waals surface area contributed by atoms with Gasteiger partial charge in [0.2, 0.25) is 0 Å². The smallest absolute Gasteiger partial charge is 0.407 e. The molecule has 2 rings (SSSR count). The zero-order valence-corrected chi connectivity index (χ0v) is 15.5. The van der Waals surface area contributed by atoms with Gasteiger partial charge in [0.1, 0.15) is 0 Å². The van der Waals surface area contributed by atoms with E-state index in [9.17, 15) is 14.7 Å². The summed E-state index contributed by atoms with van der Waals surface area (Å²) in [6.45, 7) is 10.4. The van der Waals surface area contributed by atoms with Crippen molar-refractivity contribution in [1.82, 2.24) is 10.2 Å². The number of nitrogens with one attached hydrogen (secondary N) is 1. The van der Waals surface area contributed by atoms with Crippen molar-refractivity contribution >= 4 is 46.8 Å². The molecule has 1 saturated carbocycles. The van der Waals surface area contributed by atoms with Crippen molar-refractivity contribution in [3.8, 4) is 0 Å². The molecule has 0 radical (unpaired) electrons. The maximum absolute atomic E-state index is 12.0. The third-order valence-electron chi connectivity index (χ3n) is 4.74. The molecule has 2 aliphatic rings. The molecule has 5 nitrogen and oxygen atoms in total. The lowest BCUT2D eigenvalue weighted by atomic mass is 9.77. The number of hydrogen-bond acceptors (Lipinski definition) is 2. The average Bonchev–Trinajstić information content (AvgIpc) is 2.84. The highest BCUT2D eigenvalue weighted by molar-refractivity contribution is 6.76. The van der Waals surface area contributed by atoms with Gasteiger partial charge in [-0.05, 0) is 17.8 Å². The molecular weight excluding hydrogens is 363 g/mol. The van der Waals surface area contributed by atoms with Gasteiger partial charge in [-0.2, -0.15) is 0 Å². The lowest BCUT2D eigenvalue weighted by Crippen LogP contribution is -2.46. The highest BCUT2D eigenvalue weighted by Crippen LogP contribution is 2.49. The van der Waals surface area contributed by atoms with E-state index in [0.717, 1.165) is 5.57 Å². The third kappa shape index (κ3) is 3.57. The van der Waals surface area contributed by atoms with Crippen molar-refractivity contribution in [2.24, 2.45) is 17.3 Å². The number of nitrogens with zero attached hydrogens (tertiary/aromatic N) is 1. The first-order valence-corrected chi connectivity index (χ1v) is 8.52. The minimum Gasteiger partial charge on any atom is -0.465 e. The monoisotopic (exact) mass is 382 g/mol. The maximum Gasteiger partial charge on any atom is 0.407 e. The number of amides is 2. The molecule has 23 heavy (non-hydrogen) atoms. The second-order valence-electron chi connectivity index (χ2n) is 7.38. The van der Waals surface area contributed by atoms with E-state index < -0.39 is 15.8 Å². The van der Waals surface area contributed by atoms with Crippen LogP contribution in [0.25, 0.3) is 0 Å². The molecular formula is C15H21Cl3N2O3. The molecule has 2 fully saturated rings. The van der Waals surface area contributed by atoms with Crippen molar-refractivity contribution in [3.63, 3.8) is 0 Å². The van der Waals surface area contributed by atoms with Gasteiger partial charge in [0.05, 0.1) is 6.04 Å². The normalized spacial score (nSPS) is 31.2. The molecule has 2 N–H and O–H groups in total. The van der Waals surface area contributed by atoms with Crippen LogP contribution < -0.4 is 5.32 Å². The molecule has 0 spiro atoms. The molecule has 1 saturated heterocycles. The molecule has 4 atom stereocenters. The Hall–Kier alpha value is -0.650. The number of halogens is 3. The zero-order chi connectivity index (χ0) is 17.7. The Labute approximate surface area is 150 Å². The highest BCUT2D eigenvalue weighted by atomic mass is 35.6. The van der Waals surface area contributed by atoms with E-state index in [1.54, 1.807) is 0 Å². The van der Waals surface area contributed by atoms with Gasteiger partial charge in [0, 0.05) is 18.5 Å². The summed E-state index contributed by atoms with van der Waals surface area (Å²) in [4.78, 5) is 25.1. The number of carboxylic acid groups (broad SMARTS) is 1. The molecule has 0 aromatic rings. The number of alkyl halides is 3. The van der Waals surface area contributed by atoms with E-state index in [1.165, 1.54) is 4.90 Å². The van der Waals surface area contributed by atoms with Crippen LogP contribution in [0.3, 0.4) is 0 Å². The summed E-state index contributed by atoms with van der Waals surface area (Å²) in [6, 6.07) is -0.520. The third-order valence-corrected chi connectivity index (χ3v) is 5.26. The Morgan fingerprint density at radius 1 is 1.26 bits per heavy atom. The van der Waals surface area contributed by atoms with Crippen molar-refractivity contribution in [1.29, 1.82) is 0 Å². The molecule has 0 bridgehead atoms. The molecule has 130 valence electrons. The maximum atomic E-state index is 12.0. The van der Waals surface area contributed by atoms with Crippen LogP contribution in [0.2, 0.25) is 0 Å². The number of carbonyl (C=O) groups excluding carboxylic acids is 1. The molecule has 1 heterocycles. The fourth-order valence-electron chi connectivity index (χ4n) is 4.03. The Kier molecular flexibility index (Phi) is 4.88. The van der Waals surface area contributed by atoms with Gasteiger partial charge >= 0.3 is 6.09 Å². The molecule has 0 aromatic heterocycles. The number of likely N-dealkylation sites (tertiary alicyclic amines) is 1. The second kappa shape index (κ2) is 6.01. The number of fused-ring (bicyclic) bond motifs is 1. The largest absolute Gasteiger partial charge is 0.465 e. The van der Waals surface area contributed by atoms with Crippen LogP contribution in [-0.4, -0.2) is 44.4 Å². The van der Waals surface area contributed by atoms with Gasteiger partial charge in [-0.3, -0.25) is 4.79 Å². The molecule has 1 aliphatic carbocycles. The summed E-state index contributed by atoms with van der Waals surface area (Å²) < 4.78 is -2.05. The van der Waals surface area contributed by atoms with E-state index in [0.29, 0.717) is 13.0 Å². The predicted molar refractivity (Wildman–Crippen MR) is 90.9 cm³/mol. The number of carbonyl (C=O) groups is 2. The Bertz CT molecular complexity index is 539. The minimum absolute atomic E-state index is 0.0564. The van der Waals surface area contributed by atoms with Crippen LogP contribution in [0.15, 0.2) is 12.2 Å². The summed E-state index contributed by atoms with van der Waals surface area (Å²) >= 11 is 16.9. The van der Waals surface area contributed by atoms with Gasteiger partial charge in [0.15, 0.2) is 0 Å². The van der Waals surface area contributed by atoms with Gasteiger partial charge < -0.3 is 15.3 Å². The quantitative estimate of drug-likeness (QED) is 0.538. The van der Waals surface area contributed by atoms with E-state index in [1.807, 2.05) is 20.8 Å². The number of rotatable bonds is 1.